The minimum atomic E-state index is -0.982. The highest BCUT2D eigenvalue weighted by Crippen LogP contribution is 2.34. The first-order valence-electron chi connectivity index (χ1n) is 10.2. The SMILES string of the molecule is COc1ccc(C)cc1N1C[C@@H](C(=O)O[C@H](C)C(=O)Nc2c(C)cccc2C)CC1=O. The Kier molecular flexibility index (Phi) is 6.63. The number of amides is 2. The molecule has 1 fully saturated rings. The molecular weight excluding hydrogens is 396 g/mol. The highest BCUT2D eigenvalue weighted by atomic mass is 16.5. The largest absolute Gasteiger partial charge is 0.495 e. The second-order valence-corrected chi connectivity index (χ2v) is 7.92. The van der Waals surface area contributed by atoms with Crippen molar-refractivity contribution < 1.29 is 23.9 Å². The molecule has 2 amide bonds. The number of carbonyl (C=O) groups excluding carboxylic acids is 3. The summed E-state index contributed by atoms with van der Waals surface area (Å²) in [6.45, 7) is 7.43. The quantitative estimate of drug-likeness (QED) is 0.717. The van der Waals surface area contributed by atoms with Crippen molar-refractivity contribution in [3.63, 3.8) is 0 Å². The fourth-order valence-corrected chi connectivity index (χ4v) is 3.67. The molecule has 0 spiro atoms. The van der Waals surface area contributed by atoms with E-state index in [1.54, 1.807) is 11.0 Å². The number of esters is 1. The molecule has 1 heterocycles. The van der Waals surface area contributed by atoms with E-state index in [1.807, 2.05) is 51.1 Å². The number of para-hydroxylation sites is 1. The summed E-state index contributed by atoms with van der Waals surface area (Å²) >= 11 is 0. The fraction of sp³-hybridized carbons (Fsp3) is 0.375. The monoisotopic (exact) mass is 424 g/mol. The molecule has 2 aromatic carbocycles. The van der Waals surface area contributed by atoms with Crippen molar-refractivity contribution in [1.29, 1.82) is 0 Å². The number of hydrogen-bond donors (Lipinski definition) is 1. The Morgan fingerprint density at radius 1 is 1.13 bits per heavy atom. The van der Waals surface area contributed by atoms with E-state index >= 15 is 0 Å². The Morgan fingerprint density at radius 2 is 1.81 bits per heavy atom. The lowest BCUT2D eigenvalue weighted by Gasteiger charge is -2.20. The molecule has 2 aromatic rings. The Balaban J connectivity index is 1.65. The van der Waals surface area contributed by atoms with Crippen molar-refractivity contribution in [1.82, 2.24) is 0 Å². The smallest absolute Gasteiger partial charge is 0.312 e. The van der Waals surface area contributed by atoms with Crippen LogP contribution in [0.1, 0.15) is 30.0 Å². The number of ether oxygens (including phenoxy) is 2. The molecule has 164 valence electrons. The van der Waals surface area contributed by atoms with Crippen LogP contribution in [0.25, 0.3) is 0 Å². The Bertz CT molecular complexity index is 997. The van der Waals surface area contributed by atoms with Crippen LogP contribution in [0.3, 0.4) is 0 Å². The number of hydrogen-bond acceptors (Lipinski definition) is 5. The summed E-state index contributed by atoms with van der Waals surface area (Å²) in [6.07, 6.45) is -0.953. The van der Waals surface area contributed by atoms with Crippen molar-refractivity contribution in [2.45, 2.75) is 40.2 Å². The number of methoxy groups -OCH3 is 1. The highest BCUT2D eigenvalue weighted by molar-refractivity contribution is 6.01. The molecule has 0 aromatic heterocycles. The average molecular weight is 424 g/mol. The lowest BCUT2D eigenvalue weighted by molar-refractivity contribution is -0.157. The van der Waals surface area contributed by atoms with Crippen LogP contribution in [-0.4, -0.2) is 37.5 Å². The average Bonchev–Trinajstić information content (AvgIpc) is 3.12. The molecule has 31 heavy (non-hydrogen) atoms. The summed E-state index contributed by atoms with van der Waals surface area (Å²) in [5, 5.41) is 2.83. The third-order valence-electron chi connectivity index (χ3n) is 5.48. The van der Waals surface area contributed by atoms with Gasteiger partial charge in [0.1, 0.15) is 5.75 Å². The zero-order valence-electron chi connectivity index (χ0n) is 18.5. The van der Waals surface area contributed by atoms with Crippen molar-refractivity contribution in [3.8, 4) is 5.75 Å². The second-order valence-electron chi connectivity index (χ2n) is 7.92. The summed E-state index contributed by atoms with van der Waals surface area (Å²) in [4.78, 5) is 39.4. The normalized spacial score (nSPS) is 16.7. The van der Waals surface area contributed by atoms with Crippen LogP contribution in [-0.2, 0) is 19.1 Å². The van der Waals surface area contributed by atoms with E-state index in [9.17, 15) is 14.4 Å². The van der Waals surface area contributed by atoms with Gasteiger partial charge in [0, 0.05) is 18.7 Å². The predicted molar refractivity (Wildman–Crippen MR) is 118 cm³/mol. The van der Waals surface area contributed by atoms with Gasteiger partial charge in [-0.05, 0) is 56.5 Å². The lowest BCUT2D eigenvalue weighted by Crippen LogP contribution is -2.33. The van der Waals surface area contributed by atoms with Crippen LogP contribution in [0.2, 0.25) is 0 Å². The molecule has 3 rings (SSSR count). The molecule has 1 saturated heterocycles. The first-order chi connectivity index (χ1) is 14.7. The minimum Gasteiger partial charge on any atom is -0.495 e. The topological polar surface area (TPSA) is 84.9 Å². The van der Waals surface area contributed by atoms with Crippen molar-refractivity contribution in [3.05, 3.63) is 53.1 Å². The van der Waals surface area contributed by atoms with Gasteiger partial charge in [-0.2, -0.15) is 0 Å². The Hall–Kier alpha value is -3.35. The van der Waals surface area contributed by atoms with Gasteiger partial charge in [0.25, 0.3) is 5.91 Å². The lowest BCUT2D eigenvalue weighted by atomic mass is 10.1. The minimum absolute atomic E-state index is 0.0289. The number of benzene rings is 2. The molecular formula is C24H28N2O5. The summed E-state index contributed by atoms with van der Waals surface area (Å²) in [7, 11) is 1.54. The van der Waals surface area contributed by atoms with E-state index in [0.29, 0.717) is 17.1 Å². The first kappa shape index (κ1) is 22.3. The summed E-state index contributed by atoms with van der Waals surface area (Å²) in [6, 6.07) is 11.3. The van der Waals surface area contributed by atoms with Gasteiger partial charge < -0.3 is 19.7 Å². The molecule has 7 heteroatoms. The maximum absolute atomic E-state index is 12.7. The van der Waals surface area contributed by atoms with E-state index in [2.05, 4.69) is 5.32 Å². The molecule has 0 bridgehead atoms. The summed E-state index contributed by atoms with van der Waals surface area (Å²) in [5.74, 6) is -1.24. The third kappa shape index (κ3) is 4.87. The van der Waals surface area contributed by atoms with Crippen LogP contribution in [0.15, 0.2) is 36.4 Å². The molecule has 0 unspecified atom stereocenters. The standard InChI is InChI=1S/C24H28N2O5/c1-14-9-10-20(30-5)19(11-14)26-13-18(12-21(26)27)24(29)31-17(4)23(28)25-22-15(2)7-6-8-16(22)3/h6-11,17-18H,12-13H2,1-5H3,(H,25,28)/t17-,18+/m1/s1. The van der Waals surface area contributed by atoms with E-state index in [-0.39, 0.29) is 18.9 Å². The maximum Gasteiger partial charge on any atom is 0.312 e. The van der Waals surface area contributed by atoms with Gasteiger partial charge in [-0.15, -0.1) is 0 Å². The first-order valence-corrected chi connectivity index (χ1v) is 10.2. The maximum atomic E-state index is 12.7. The van der Waals surface area contributed by atoms with Crippen LogP contribution in [0.5, 0.6) is 5.75 Å². The summed E-state index contributed by atoms with van der Waals surface area (Å²) in [5.41, 5.74) is 4.17. The third-order valence-corrected chi connectivity index (χ3v) is 5.48. The van der Waals surface area contributed by atoms with Crippen molar-refractivity contribution >= 4 is 29.2 Å². The number of aryl methyl sites for hydroxylation is 3. The van der Waals surface area contributed by atoms with Crippen molar-refractivity contribution in [2.24, 2.45) is 5.92 Å². The van der Waals surface area contributed by atoms with E-state index < -0.39 is 23.9 Å². The Morgan fingerprint density at radius 3 is 2.45 bits per heavy atom. The van der Waals surface area contributed by atoms with Gasteiger partial charge in [-0.1, -0.05) is 24.3 Å². The molecule has 7 nitrogen and oxygen atoms in total. The zero-order valence-corrected chi connectivity index (χ0v) is 18.5. The van der Waals surface area contributed by atoms with Gasteiger partial charge in [-0.25, -0.2) is 0 Å². The number of nitrogens with one attached hydrogen (secondary N) is 1. The highest BCUT2D eigenvalue weighted by Gasteiger charge is 2.38. The fourth-order valence-electron chi connectivity index (χ4n) is 3.67. The molecule has 0 radical (unpaired) electrons. The van der Waals surface area contributed by atoms with E-state index in [1.165, 1.54) is 14.0 Å². The van der Waals surface area contributed by atoms with Gasteiger partial charge in [0.15, 0.2) is 6.10 Å². The van der Waals surface area contributed by atoms with Crippen LogP contribution >= 0.6 is 0 Å². The summed E-state index contributed by atoms with van der Waals surface area (Å²) < 4.78 is 10.8. The molecule has 2 atom stereocenters. The number of carbonyl (C=O) groups is 3. The van der Waals surface area contributed by atoms with Crippen LogP contribution in [0, 0.1) is 26.7 Å². The second kappa shape index (κ2) is 9.20. The number of anilines is 2. The molecule has 1 aliphatic rings. The van der Waals surface area contributed by atoms with Crippen LogP contribution in [0.4, 0.5) is 11.4 Å². The van der Waals surface area contributed by atoms with E-state index in [0.717, 1.165) is 16.7 Å². The molecule has 1 aliphatic heterocycles. The molecule has 1 N–H and O–H groups in total. The Labute approximate surface area is 182 Å². The van der Waals surface area contributed by atoms with Crippen molar-refractivity contribution in [2.75, 3.05) is 23.9 Å². The zero-order chi connectivity index (χ0) is 22.7. The van der Waals surface area contributed by atoms with E-state index in [4.69, 9.17) is 9.47 Å². The van der Waals surface area contributed by atoms with Crippen LogP contribution < -0.4 is 15.0 Å². The predicted octanol–water partition coefficient (Wildman–Crippen LogP) is 3.54. The number of nitrogens with zero attached hydrogens (tertiary/aromatic N) is 1. The molecule has 0 aliphatic carbocycles. The number of rotatable bonds is 6. The van der Waals surface area contributed by atoms with Gasteiger partial charge in [0.2, 0.25) is 5.91 Å². The molecule has 0 saturated carbocycles. The van der Waals surface area contributed by atoms with Gasteiger partial charge >= 0.3 is 5.97 Å². The van der Waals surface area contributed by atoms with Gasteiger partial charge in [0.05, 0.1) is 18.7 Å². The van der Waals surface area contributed by atoms with Gasteiger partial charge in [-0.3, -0.25) is 14.4 Å².